The number of unbranched alkanes of at least 4 members (excludes halogenated alkanes) is 2. The third-order valence-corrected chi connectivity index (χ3v) is 4.33. The average Bonchev–Trinajstić information content (AvgIpc) is 2.43. The van der Waals surface area contributed by atoms with Crippen molar-refractivity contribution in [1.82, 2.24) is 10.0 Å². The van der Waals surface area contributed by atoms with E-state index in [1.807, 2.05) is 6.92 Å². The zero-order valence-electron chi connectivity index (χ0n) is 15.2. The number of sulfonamides is 1. The molecule has 0 unspecified atom stereocenters. The number of rotatable bonds is 10. The molecule has 142 valence electrons. The first kappa shape index (κ1) is 22.6. The molecule has 0 heterocycles. The molecule has 1 amide bonds. The minimum absolute atomic E-state index is 0.118. The van der Waals surface area contributed by atoms with Gasteiger partial charge in [-0.15, -0.1) is 0 Å². The van der Waals surface area contributed by atoms with Crippen LogP contribution in [0, 0.1) is 0 Å². The molecule has 0 rings (SSSR count). The summed E-state index contributed by atoms with van der Waals surface area (Å²) >= 11 is 0. The Bertz CT molecular complexity index is 499. The molecule has 8 nitrogen and oxygen atoms in total. The predicted octanol–water partition coefficient (Wildman–Crippen LogP) is 1.55. The molecule has 0 bridgehead atoms. The molecule has 0 aromatic carbocycles. The second-order valence-electron chi connectivity index (χ2n) is 6.44. The molecule has 0 aromatic rings. The van der Waals surface area contributed by atoms with Crippen LogP contribution in [-0.2, 0) is 24.3 Å². The molecule has 0 radical (unpaired) electrons. The van der Waals surface area contributed by atoms with Crippen LogP contribution in [0.3, 0.4) is 0 Å². The van der Waals surface area contributed by atoms with Crippen molar-refractivity contribution in [2.45, 2.75) is 65.0 Å². The highest BCUT2D eigenvalue weighted by atomic mass is 32.2. The molecule has 0 aliphatic heterocycles. The normalized spacial score (nSPS) is 13.2. The smallest absolute Gasteiger partial charge is 0.407 e. The fourth-order valence-corrected chi connectivity index (χ4v) is 2.98. The Balaban J connectivity index is 4.46. The molecule has 0 aliphatic rings. The van der Waals surface area contributed by atoms with E-state index in [-0.39, 0.29) is 12.3 Å². The fourth-order valence-electron chi connectivity index (χ4n) is 1.84. The van der Waals surface area contributed by atoms with Gasteiger partial charge in [-0.25, -0.2) is 17.9 Å². The van der Waals surface area contributed by atoms with Gasteiger partial charge in [-0.3, -0.25) is 4.79 Å². The van der Waals surface area contributed by atoms with E-state index in [9.17, 15) is 18.0 Å². The molecule has 0 aliphatic carbocycles. The number of methoxy groups -OCH3 is 1. The molecule has 0 fully saturated rings. The number of amides is 1. The van der Waals surface area contributed by atoms with Gasteiger partial charge in [0.1, 0.15) is 11.6 Å². The van der Waals surface area contributed by atoms with Crippen LogP contribution < -0.4 is 10.0 Å². The van der Waals surface area contributed by atoms with Crippen LogP contribution in [0.4, 0.5) is 4.79 Å². The number of esters is 1. The summed E-state index contributed by atoms with van der Waals surface area (Å²) in [7, 11) is -2.52. The summed E-state index contributed by atoms with van der Waals surface area (Å²) < 4.78 is 36.1. The van der Waals surface area contributed by atoms with Gasteiger partial charge in [-0.2, -0.15) is 0 Å². The number of carbonyl (C=O) groups is 2. The van der Waals surface area contributed by atoms with Crippen molar-refractivity contribution < 1.29 is 27.5 Å². The third kappa shape index (κ3) is 11.2. The number of hydrogen-bond donors (Lipinski definition) is 2. The zero-order chi connectivity index (χ0) is 18.8. The second-order valence-corrected chi connectivity index (χ2v) is 8.31. The van der Waals surface area contributed by atoms with Crippen molar-refractivity contribution in [3.05, 3.63) is 0 Å². The topological polar surface area (TPSA) is 111 Å². The van der Waals surface area contributed by atoms with E-state index in [0.717, 1.165) is 19.3 Å². The van der Waals surface area contributed by atoms with Crippen LogP contribution in [0.5, 0.6) is 0 Å². The summed E-state index contributed by atoms with van der Waals surface area (Å²) in [6.07, 6.45) is 2.26. The maximum absolute atomic E-state index is 12.0. The maximum Gasteiger partial charge on any atom is 0.407 e. The van der Waals surface area contributed by atoms with Crippen LogP contribution in [0.2, 0.25) is 0 Å². The standard InChI is InChI=1S/C15H30N2O6S/c1-6-7-8-9-12(13(18)22-5)17-24(20,21)11-10-16-14(19)23-15(2,3)4/h12,17H,6-11H2,1-5H3,(H,16,19)/t12-/m0/s1. The summed E-state index contributed by atoms with van der Waals surface area (Å²) in [5.74, 6) is -0.970. The SMILES string of the molecule is CCCCC[C@H](NS(=O)(=O)CCNC(=O)OC(C)(C)C)C(=O)OC. The molecule has 0 spiro atoms. The van der Waals surface area contributed by atoms with Crippen molar-refractivity contribution in [2.24, 2.45) is 0 Å². The molecule has 1 atom stereocenters. The van der Waals surface area contributed by atoms with E-state index < -0.39 is 33.7 Å². The van der Waals surface area contributed by atoms with Crippen LogP contribution in [0.15, 0.2) is 0 Å². The highest BCUT2D eigenvalue weighted by Gasteiger charge is 2.25. The number of nitrogens with one attached hydrogen (secondary N) is 2. The fraction of sp³-hybridized carbons (Fsp3) is 0.867. The lowest BCUT2D eigenvalue weighted by molar-refractivity contribution is -0.142. The lowest BCUT2D eigenvalue weighted by Crippen LogP contribution is -2.44. The van der Waals surface area contributed by atoms with Gasteiger partial charge in [-0.1, -0.05) is 26.2 Å². The summed E-state index contributed by atoms with van der Waals surface area (Å²) in [5.41, 5.74) is -0.656. The average molecular weight is 366 g/mol. The molecule has 0 aromatic heterocycles. The van der Waals surface area contributed by atoms with E-state index in [2.05, 4.69) is 14.8 Å². The van der Waals surface area contributed by atoms with Gasteiger partial charge in [0, 0.05) is 6.54 Å². The van der Waals surface area contributed by atoms with Gasteiger partial charge in [0.15, 0.2) is 0 Å². The Morgan fingerprint density at radius 3 is 2.29 bits per heavy atom. The van der Waals surface area contributed by atoms with E-state index in [0.29, 0.717) is 6.42 Å². The van der Waals surface area contributed by atoms with Crippen molar-refractivity contribution >= 4 is 22.1 Å². The van der Waals surface area contributed by atoms with E-state index in [1.54, 1.807) is 20.8 Å². The molecular formula is C15H30N2O6S. The second kappa shape index (κ2) is 10.5. The lowest BCUT2D eigenvalue weighted by atomic mass is 10.1. The monoisotopic (exact) mass is 366 g/mol. The van der Waals surface area contributed by atoms with Crippen LogP contribution in [0.1, 0.15) is 53.4 Å². The molecular weight excluding hydrogens is 336 g/mol. The first-order valence-corrected chi connectivity index (χ1v) is 9.70. The highest BCUT2D eigenvalue weighted by Crippen LogP contribution is 2.07. The minimum Gasteiger partial charge on any atom is -0.468 e. The highest BCUT2D eigenvalue weighted by molar-refractivity contribution is 7.89. The Kier molecular flexibility index (Phi) is 9.91. The molecule has 0 saturated heterocycles. The summed E-state index contributed by atoms with van der Waals surface area (Å²) in [5, 5.41) is 2.37. The van der Waals surface area contributed by atoms with Crippen LogP contribution in [-0.4, -0.2) is 51.5 Å². The molecule has 2 N–H and O–H groups in total. The van der Waals surface area contributed by atoms with Gasteiger partial charge >= 0.3 is 12.1 Å². The van der Waals surface area contributed by atoms with Crippen molar-refractivity contribution in [2.75, 3.05) is 19.4 Å². The largest absolute Gasteiger partial charge is 0.468 e. The number of ether oxygens (including phenoxy) is 2. The summed E-state index contributed by atoms with van der Waals surface area (Å²) in [6.45, 7) is 7.03. The van der Waals surface area contributed by atoms with Crippen molar-refractivity contribution in [1.29, 1.82) is 0 Å². The Hall–Kier alpha value is -1.35. The molecule has 9 heteroatoms. The van der Waals surface area contributed by atoms with E-state index in [1.165, 1.54) is 7.11 Å². The van der Waals surface area contributed by atoms with Crippen molar-refractivity contribution in [3.8, 4) is 0 Å². The van der Waals surface area contributed by atoms with Gasteiger partial charge in [0.2, 0.25) is 10.0 Å². The quantitative estimate of drug-likeness (QED) is 0.448. The Labute approximate surface area is 144 Å². The van der Waals surface area contributed by atoms with Crippen LogP contribution in [0.25, 0.3) is 0 Å². The number of alkyl carbamates (subject to hydrolysis) is 1. The van der Waals surface area contributed by atoms with Crippen molar-refractivity contribution in [3.63, 3.8) is 0 Å². The van der Waals surface area contributed by atoms with Gasteiger partial charge < -0.3 is 14.8 Å². The Morgan fingerprint density at radius 2 is 1.79 bits per heavy atom. The van der Waals surface area contributed by atoms with Gasteiger partial charge in [-0.05, 0) is 27.2 Å². The van der Waals surface area contributed by atoms with E-state index in [4.69, 9.17) is 4.74 Å². The van der Waals surface area contributed by atoms with E-state index >= 15 is 0 Å². The third-order valence-electron chi connectivity index (χ3n) is 2.94. The predicted molar refractivity (Wildman–Crippen MR) is 91.1 cm³/mol. The Morgan fingerprint density at radius 1 is 1.17 bits per heavy atom. The summed E-state index contributed by atoms with van der Waals surface area (Å²) in [6, 6.07) is -0.909. The zero-order valence-corrected chi connectivity index (χ0v) is 16.0. The number of carbonyl (C=O) groups excluding carboxylic acids is 2. The maximum atomic E-state index is 12.0. The van der Waals surface area contributed by atoms with Crippen LogP contribution >= 0.6 is 0 Å². The first-order chi connectivity index (χ1) is 11.0. The first-order valence-electron chi connectivity index (χ1n) is 8.05. The lowest BCUT2D eigenvalue weighted by Gasteiger charge is -2.20. The number of hydrogen-bond acceptors (Lipinski definition) is 6. The molecule has 24 heavy (non-hydrogen) atoms. The summed E-state index contributed by atoms with van der Waals surface area (Å²) in [4.78, 5) is 23.2. The minimum atomic E-state index is -3.73. The van der Waals surface area contributed by atoms with Gasteiger partial charge in [0.25, 0.3) is 0 Å². The van der Waals surface area contributed by atoms with Gasteiger partial charge in [0.05, 0.1) is 12.9 Å². The molecule has 0 saturated carbocycles.